The Morgan fingerprint density at radius 1 is 0.871 bits per heavy atom. The largest absolute Gasteiger partial charge is 0.490 e. The van der Waals surface area contributed by atoms with Crippen LogP contribution >= 0.6 is 0 Å². The van der Waals surface area contributed by atoms with Crippen molar-refractivity contribution in [2.75, 3.05) is 25.1 Å². The molecule has 0 aliphatic rings. The van der Waals surface area contributed by atoms with Gasteiger partial charge in [-0.25, -0.2) is 14.8 Å². The van der Waals surface area contributed by atoms with Gasteiger partial charge in [-0.15, -0.1) is 0 Å². The predicted molar refractivity (Wildman–Crippen MR) is 117 cm³/mol. The number of aromatic nitrogens is 2. The van der Waals surface area contributed by atoms with Crippen LogP contribution in [0.1, 0.15) is 35.6 Å². The molecule has 0 saturated heterocycles. The van der Waals surface area contributed by atoms with E-state index in [1.54, 1.807) is 36.4 Å². The molecule has 0 fully saturated rings. The van der Waals surface area contributed by atoms with Crippen LogP contribution in [-0.2, 0) is 9.53 Å². The van der Waals surface area contributed by atoms with E-state index in [2.05, 4.69) is 15.3 Å². The molecular formula is C23H25N3O5. The predicted octanol–water partition coefficient (Wildman–Crippen LogP) is 3.84. The zero-order chi connectivity index (χ0) is 22.4. The molecule has 0 atom stereocenters. The Morgan fingerprint density at radius 2 is 1.55 bits per heavy atom. The lowest BCUT2D eigenvalue weighted by atomic mass is 10.2. The maximum Gasteiger partial charge on any atom is 0.338 e. The third-order valence-corrected chi connectivity index (χ3v) is 4.47. The first-order valence-corrected chi connectivity index (χ1v) is 10.0. The summed E-state index contributed by atoms with van der Waals surface area (Å²) in [5, 5.41) is 2.69. The van der Waals surface area contributed by atoms with Gasteiger partial charge in [0, 0.05) is 11.8 Å². The van der Waals surface area contributed by atoms with Gasteiger partial charge in [0.25, 0.3) is 5.91 Å². The monoisotopic (exact) mass is 423 g/mol. The Labute approximate surface area is 180 Å². The van der Waals surface area contributed by atoms with E-state index in [0.717, 1.165) is 11.4 Å². The Kier molecular flexibility index (Phi) is 7.02. The molecule has 1 N–H and O–H groups in total. The van der Waals surface area contributed by atoms with Crippen molar-refractivity contribution in [2.45, 2.75) is 27.7 Å². The summed E-state index contributed by atoms with van der Waals surface area (Å²) in [6.45, 7) is 8.02. The van der Waals surface area contributed by atoms with Crippen LogP contribution < -0.4 is 14.8 Å². The lowest BCUT2D eigenvalue weighted by molar-refractivity contribution is -0.119. The summed E-state index contributed by atoms with van der Waals surface area (Å²) in [5.74, 6) is 0.0475. The minimum atomic E-state index is -0.612. The number of esters is 1. The summed E-state index contributed by atoms with van der Waals surface area (Å²) < 4.78 is 16.2. The Balaban J connectivity index is 1.62. The number of ether oxygens (including phenoxy) is 3. The summed E-state index contributed by atoms with van der Waals surface area (Å²) in [4.78, 5) is 33.5. The van der Waals surface area contributed by atoms with Gasteiger partial charge >= 0.3 is 5.97 Å². The highest BCUT2D eigenvalue weighted by atomic mass is 16.5. The number of carbonyl (C=O) groups is 2. The highest BCUT2D eigenvalue weighted by Gasteiger charge is 2.13. The van der Waals surface area contributed by atoms with Crippen molar-refractivity contribution in [1.82, 2.24) is 9.97 Å². The summed E-state index contributed by atoms with van der Waals surface area (Å²) in [7, 11) is 0. The minimum absolute atomic E-state index is 0.303. The number of benzene rings is 2. The van der Waals surface area contributed by atoms with E-state index in [4.69, 9.17) is 14.2 Å². The summed E-state index contributed by atoms with van der Waals surface area (Å²) in [5.41, 5.74) is 3.73. The number of carbonyl (C=O) groups excluding carboxylic acids is 2. The van der Waals surface area contributed by atoms with Crippen LogP contribution in [0.3, 0.4) is 0 Å². The smallest absolute Gasteiger partial charge is 0.338 e. The number of fused-ring (bicyclic) bond motifs is 1. The molecule has 0 aliphatic carbocycles. The molecule has 0 radical (unpaired) electrons. The molecule has 0 saturated carbocycles. The number of rotatable bonds is 8. The molecule has 8 heteroatoms. The molecule has 162 valence electrons. The topological polar surface area (TPSA) is 99.6 Å². The second-order valence-corrected chi connectivity index (χ2v) is 6.75. The molecular weight excluding hydrogens is 398 g/mol. The van der Waals surface area contributed by atoms with Crippen LogP contribution in [0.4, 0.5) is 5.69 Å². The van der Waals surface area contributed by atoms with E-state index in [9.17, 15) is 9.59 Å². The molecule has 0 spiro atoms. The second kappa shape index (κ2) is 9.88. The average molecular weight is 423 g/mol. The van der Waals surface area contributed by atoms with Gasteiger partial charge in [0.2, 0.25) is 0 Å². The third kappa shape index (κ3) is 5.48. The molecule has 1 aromatic heterocycles. The first kappa shape index (κ1) is 22.0. The van der Waals surface area contributed by atoms with Crippen molar-refractivity contribution in [3.8, 4) is 11.5 Å². The van der Waals surface area contributed by atoms with Crippen LogP contribution in [0.5, 0.6) is 11.5 Å². The number of amides is 1. The third-order valence-electron chi connectivity index (χ3n) is 4.47. The number of hydrogen-bond acceptors (Lipinski definition) is 7. The fraction of sp³-hybridized carbons (Fsp3) is 0.304. The van der Waals surface area contributed by atoms with E-state index >= 15 is 0 Å². The fourth-order valence-corrected chi connectivity index (χ4v) is 2.90. The number of nitrogens with zero attached hydrogens (tertiary/aromatic N) is 2. The van der Waals surface area contributed by atoms with E-state index in [0.29, 0.717) is 47.0 Å². The molecule has 0 bridgehead atoms. The fourth-order valence-electron chi connectivity index (χ4n) is 2.90. The van der Waals surface area contributed by atoms with Crippen LogP contribution in [0.15, 0.2) is 36.4 Å². The highest BCUT2D eigenvalue weighted by molar-refractivity contribution is 5.97. The zero-order valence-corrected chi connectivity index (χ0v) is 18.0. The SMILES string of the molecule is CCOc1ccc(NC(=O)COC(=O)c2ccc3nc(C)c(C)nc3c2)cc1OCC. The van der Waals surface area contributed by atoms with Crippen molar-refractivity contribution in [2.24, 2.45) is 0 Å². The Bertz CT molecular complexity index is 1110. The summed E-state index contributed by atoms with van der Waals surface area (Å²) in [6.07, 6.45) is 0. The zero-order valence-electron chi connectivity index (χ0n) is 18.0. The maximum atomic E-state index is 12.4. The van der Waals surface area contributed by atoms with Gasteiger partial charge in [-0.1, -0.05) is 0 Å². The summed E-state index contributed by atoms with van der Waals surface area (Å²) in [6, 6.07) is 10.00. The van der Waals surface area contributed by atoms with Crippen molar-refractivity contribution in [1.29, 1.82) is 0 Å². The molecule has 3 rings (SSSR count). The minimum Gasteiger partial charge on any atom is -0.490 e. The van der Waals surface area contributed by atoms with Crippen LogP contribution in [-0.4, -0.2) is 41.7 Å². The first-order chi connectivity index (χ1) is 14.9. The highest BCUT2D eigenvalue weighted by Crippen LogP contribution is 2.30. The molecule has 0 unspecified atom stereocenters. The van der Waals surface area contributed by atoms with Gasteiger partial charge in [0.15, 0.2) is 18.1 Å². The normalized spacial score (nSPS) is 10.6. The summed E-state index contributed by atoms with van der Waals surface area (Å²) >= 11 is 0. The molecule has 3 aromatic rings. The van der Waals surface area contributed by atoms with Crippen LogP contribution in [0, 0.1) is 13.8 Å². The second-order valence-electron chi connectivity index (χ2n) is 6.75. The lowest BCUT2D eigenvalue weighted by Crippen LogP contribution is -2.21. The van der Waals surface area contributed by atoms with E-state index in [1.165, 1.54) is 0 Å². The van der Waals surface area contributed by atoms with Crippen molar-refractivity contribution in [3.05, 3.63) is 53.3 Å². The van der Waals surface area contributed by atoms with Crippen LogP contribution in [0.25, 0.3) is 11.0 Å². The Hall–Kier alpha value is -3.68. The van der Waals surface area contributed by atoms with E-state index in [1.807, 2.05) is 27.7 Å². The van der Waals surface area contributed by atoms with Gasteiger partial charge in [-0.2, -0.15) is 0 Å². The van der Waals surface area contributed by atoms with Gasteiger partial charge < -0.3 is 19.5 Å². The molecule has 0 aliphatic heterocycles. The van der Waals surface area contributed by atoms with Crippen molar-refractivity contribution >= 4 is 28.6 Å². The lowest BCUT2D eigenvalue weighted by Gasteiger charge is -2.13. The van der Waals surface area contributed by atoms with Crippen molar-refractivity contribution in [3.63, 3.8) is 0 Å². The number of anilines is 1. The molecule has 31 heavy (non-hydrogen) atoms. The number of hydrogen-bond donors (Lipinski definition) is 1. The molecule has 2 aromatic carbocycles. The van der Waals surface area contributed by atoms with E-state index in [-0.39, 0.29) is 0 Å². The molecule has 8 nitrogen and oxygen atoms in total. The molecule has 1 heterocycles. The maximum absolute atomic E-state index is 12.4. The van der Waals surface area contributed by atoms with Crippen molar-refractivity contribution < 1.29 is 23.8 Å². The van der Waals surface area contributed by atoms with Gasteiger partial charge in [0.05, 0.1) is 41.2 Å². The quantitative estimate of drug-likeness (QED) is 0.550. The van der Waals surface area contributed by atoms with Gasteiger partial charge in [0.1, 0.15) is 0 Å². The van der Waals surface area contributed by atoms with Gasteiger partial charge in [-0.05, 0) is 58.0 Å². The number of nitrogens with one attached hydrogen (secondary N) is 1. The molecule has 1 amide bonds. The number of aryl methyl sites for hydroxylation is 2. The van der Waals surface area contributed by atoms with Gasteiger partial charge in [-0.3, -0.25) is 4.79 Å². The van der Waals surface area contributed by atoms with E-state index < -0.39 is 18.5 Å². The van der Waals surface area contributed by atoms with Crippen LogP contribution in [0.2, 0.25) is 0 Å². The average Bonchev–Trinajstić information content (AvgIpc) is 2.74. The first-order valence-electron chi connectivity index (χ1n) is 10.0. The standard InChI is InChI=1S/C23H25N3O5/c1-5-29-20-10-8-17(12-21(20)30-6-2)26-22(27)13-31-23(28)16-7-9-18-19(11-16)25-15(4)14(3)24-18/h7-12H,5-6,13H2,1-4H3,(H,26,27). The Morgan fingerprint density at radius 3 is 2.26 bits per heavy atom.